The van der Waals surface area contributed by atoms with Crippen LogP contribution < -0.4 is 5.73 Å². The molecule has 2 aromatic carbocycles. The predicted octanol–water partition coefficient (Wildman–Crippen LogP) is 4.14. The number of para-hydroxylation sites is 1. The molecule has 3 rings (SSSR count). The Bertz CT molecular complexity index is 801. The van der Waals surface area contributed by atoms with Crippen LogP contribution in [0.25, 0.3) is 22.4 Å². The van der Waals surface area contributed by atoms with E-state index in [2.05, 4.69) is 4.98 Å². The van der Waals surface area contributed by atoms with E-state index in [0.29, 0.717) is 11.3 Å². The number of nitrogens with zero attached hydrogens (tertiary/aromatic N) is 2. The van der Waals surface area contributed by atoms with E-state index in [1.165, 1.54) is 18.2 Å². The van der Waals surface area contributed by atoms with Crippen LogP contribution in [0.1, 0.15) is 19.9 Å². The van der Waals surface area contributed by atoms with E-state index in [-0.39, 0.29) is 22.8 Å². The van der Waals surface area contributed by atoms with E-state index in [0.717, 1.165) is 0 Å². The van der Waals surface area contributed by atoms with Crippen molar-refractivity contribution in [2.75, 3.05) is 5.73 Å². The van der Waals surface area contributed by atoms with Gasteiger partial charge in [0.2, 0.25) is 0 Å². The van der Waals surface area contributed by atoms with Crippen LogP contribution in [0.2, 0.25) is 0 Å². The first-order chi connectivity index (χ1) is 10.0. The summed E-state index contributed by atoms with van der Waals surface area (Å²) in [5.74, 6) is -0.545. The van der Waals surface area contributed by atoms with Gasteiger partial charge in [0.15, 0.2) is 5.82 Å². The minimum atomic E-state index is -0.465. The lowest BCUT2D eigenvalue weighted by Crippen LogP contribution is -2.05. The van der Waals surface area contributed by atoms with E-state index in [4.69, 9.17) is 5.73 Å². The molecule has 0 saturated carbocycles. The summed E-state index contributed by atoms with van der Waals surface area (Å²) in [6.07, 6.45) is 0. The average molecular weight is 287 g/mol. The largest absolute Gasteiger partial charge is 0.398 e. The summed E-state index contributed by atoms with van der Waals surface area (Å²) in [6, 6.07) is 9.19. The van der Waals surface area contributed by atoms with Crippen LogP contribution in [0.5, 0.6) is 0 Å². The Morgan fingerprint density at radius 2 is 1.71 bits per heavy atom. The molecule has 21 heavy (non-hydrogen) atoms. The monoisotopic (exact) mass is 287 g/mol. The van der Waals surface area contributed by atoms with Crippen LogP contribution in [0.3, 0.4) is 0 Å². The lowest BCUT2D eigenvalue weighted by Gasteiger charge is -2.14. The number of hydrogen-bond donors (Lipinski definition) is 1. The maximum Gasteiger partial charge on any atom is 0.151 e. The molecule has 108 valence electrons. The van der Waals surface area contributed by atoms with Gasteiger partial charge in [0.05, 0.1) is 11.1 Å². The van der Waals surface area contributed by atoms with Gasteiger partial charge in [-0.1, -0.05) is 12.1 Å². The molecule has 1 aromatic heterocycles. The Kier molecular flexibility index (Phi) is 3.12. The van der Waals surface area contributed by atoms with Crippen molar-refractivity contribution >= 4 is 16.7 Å². The van der Waals surface area contributed by atoms with Crippen LogP contribution in [0.15, 0.2) is 36.4 Å². The Hall–Kier alpha value is -2.43. The van der Waals surface area contributed by atoms with Gasteiger partial charge < -0.3 is 10.3 Å². The van der Waals surface area contributed by atoms with Crippen LogP contribution in [0.4, 0.5) is 14.5 Å². The SMILES string of the molecule is CC(C)n1c(-c2c(N)cccc2F)nc2c(F)cccc21. The zero-order valence-corrected chi connectivity index (χ0v) is 11.8. The van der Waals surface area contributed by atoms with Crippen molar-refractivity contribution in [3.8, 4) is 11.4 Å². The summed E-state index contributed by atoms with van der Waals surface area (Å²) in [4.78, 5) is 4.29. The number of rotatable bonds is 2. The normalized spacial score (nSPS) is 11.5. The predicted molar refractivity (Wildman–Crippen MR) is 79.9 cm³/mol. The van der Waals surface area contributed by atoms with E-state index in [9.17, 15) is 8.78 Å². The van der Waals surface area contributed by atoms with Crippen LogP contribution in [0, 0.1) is 11.6 Å². The van der Waals surface area contributed by atoms with Crippen molar-refractivity contribution in [1.82, 2.24) is 9.55 Å². The lowest BCUT2D eigenvalue weighted by molar-refractivity contribution is 0.608. The number of nitrogen functional groups attached to an aromatic ring is 1. The molecule has 0 spiro atoms. The highest BCUT2D eigenvalue weighted by molar-refractivity contribution is 5.84. The number of nitrogens with two attached hydrogens (primary N) is 1. The quantitative estimate of drug-likeness (QED) is 0.720. The molecule has 3 aromatic rings. The molecule has 0 unspecified atom stereocenters. The maximum atomic E-state index is 14.2. The van der Waals surface area contributed by atoms with Crippen molar-refractivity contribution in [2.24, 2.45) is 0 Å². The molecule has 2 N–H and O–H groups in total. The highest BCUT2D eigenvalue weighted by Gasteiger charge is 2.21. The Balaban J connectivity index is 2.43. The number of halogens is 2. The second kappa shape index (κ2) is 4.84. The zero-order valence-electron chi connectivity index (χ0n) is 11.8. The van der Waals surface area contributed by atoms with Gasteiger partial charge >= 0.3 is 0 Å². The molecule has 0 aliphatic carbocycles. The van der Waals surface area contributed by atoms with Gasteiger partial charge in [-0.25, -0.2) is 13.8 Å². The molecule has 0 saturated heterocycles. The fourth-order valence-electron chi connectivity index (χ4n) is 2.56. The van der Waals surface area contributed by atoms with Gasteiger partial charge in [-0.15, -0.1) is 0 Å². The van der Waals surface area contributed by atoms with Crippen molar-refractivity contribution in [3.63, 3.8) is 0 Å². The van der Waals surface area contributed by atoms with Gasteiger partial charge in [-0.2, -0.15) is 0 Å². The summed E-state index contributed by atoms with van der Waals surface area (Å²) in [6.45, 7) is 3.87. The van der Waals surface area contributed by atoms with Crippen molar-refractivity contribution in [1.29, 1.82) is 0 Å². The third kappa shape index (κ3) is 2.05. The standard InChI is InChI=1S/C16H15F2N3/c1-9(2)21-13-8-4-6-11(18)15(13)20-16(21)14-10(17)5-3-7-12(14)19/h3-9H,19H2,1-2H3. The summed E-state index contributed by atoms with van der Waals surface area (Å²) in [5, 5.41) is 0. The summed E-state index contributed by atoms with van der Waals surface area (Å²) in [5.41, 5.74) is 7.24. The molecule has 0 bridgehead atoms. The first kappa shape index (κ1) is 13.5. The minimum absolute atomic E-state index is 0.00851. The number of imidazole rings is 1. The number of benzene rings is 2. The molecule has 0 fully saturated rings. The van der Waals surface area contributed by atoms with E-state index >= 15 is 0 Å². The first-order valence-electron chi connectivity index (χ1n) is 6.71. The second-order valence-electron chi connectivity index (χ2n) is 5.21. The lowest BCUT2D eigenvalue weighted by atomic mass is 10.1. The van der Waals surface area contributed by atoms with E-state index in [1.54, 1.807) is 22.8 Å². The molecule has 3 nitrogen and oxygen atoms in total. The average Bonchev–Trinajstić information content (AvgIpc) is 2.79. The van der Waals surface area contributed by atoms with Gasteiger partial charge in [0.25, 0.3) is 0 Å². The number of aromatic nitrogens is 2. The Morgan fingerprint density at radius 3 is 2.38 bits per heavy atom. The summed E-state index contributed by atoms with van der Waals surface area (Å²) >= 11 is 0. The smallest absolute Gasteiger partial charge is 0.151 e. The third-order valence-corrected chi connectivity index (χ3v) is 3.46. The molecule has 0 amide bonds. The first-order valence-corrected chi connectivity index (χ1v) is 6.71. The minimum Gasteiger partial charge on any atom is -0.398 e. The summed E-state index contributed by atoms with van der Waals surface area (Å²) < 4.78 is 29.9. The highest BCUT2D eigenvalue weighted by atomic mass is 19.1. The molecule has 0 radical (unpaired) electrons. The summed E-state index contributed by atoms with van der Waals surface area (Å²) in [7, 11) is 0. The van der Waals surface area contributed by atoms with Gasteiger partial charge in [0.1, 0.15) is 17.2 Å². The van der Waals surface area contributed by atoms with Crippen LogP contribution in [-0.2, 0) is 0 Å². The number of fused-ring (bicyclic) bond motifs is 1. The Labute approximate surface area is 121 Å². The molecule has 0 atom stereocenters. The van der Waals surface area contributed by atoms with Crippen LogP contribution in [-0.4, -0.2) is 9.55 Å². The van der Waals surface area contributed by atoms with Crippen molar-refractivity contribution in [3.05, 3.63) is 48.0 Å². The fourth-order valence-corrected chi connectivity index (χ4v) is 2.56. The van der Waals surface area contributed by atoms with E-state index < -0.39 is 11.6 Å². The van der Waals surface area contributed by atoms with Gasteiger partial charge in [-0.05, 0) is 38.1 Å². The fraction of sp³-hybridized carbons (Fsp3) is 0.188. The Morgan fingerprint density at radius 1 is 1.05 bits per heavy atom. The number of hydrogen-bond acceptors (Lipinski definition) is 2. The van der Waals surface area contributed by atoms with Crippen molar-refractivity contribution < 1.29 is 8.78 Å². The maximum absolute atomic E-state index is 14.2. The van der Waals surface area contributed by atoms with Gasteiger partial charge in [-0.3, -0.25) is 0 Å². The molecule has 0 aliphatic rings. The van der Waals surface area contributed by atoms with Crippen LogP contribution >= 0.6 is 0 Å². The second-order valence-corrected chi connectivity index (χ2v) is 5.21. The topological polar surface area (TPSA) is 43.8 Å². The molecular weight excluding hydrogens is 272 g/mol. The van der Waals surface area contributed by atoms with Crippen molar-refractivity contribution in [2.45, 2.75) is 19.9 Å². The molecule has 5 heteroatoms. The highest BCUT2D eigenvalue weighted by Crippen LogP contribution is 2.34. The zero-order chi connectivity index (χ0) is 15.1. The van der Waals surface area contributed by atoms with E-state index in [1.807, 2.05) is 13.8 Å². The molecule has 0 aliphatic heterocycles. The molecule has 1 heterocycles. The molecular formula is C16H15F2N3. The number of anilines is 1. The van der Waals surface area contributed by atoms with Gasteiger partial charge in [0, 0.05) is 11.7 Å². The third-order valence-electron chi connectivity index (χ3n) is 3.46.